The summed E-state index contributed by atoms with van der Waals surface area (Å²) in [7, 11) is 3.82. The SMILES string of the molecule is COC[C@H]1CCN(Cc2cc3cc(F)ccc3n2C)C1. The highest BCUT2D eigenvalue weighted by Crippen LogP contribution is 2.23. The fourth-order valence-corrected chi connectivity index (χ4v) is 3.19. The van der Waals surface area contributed by atoms with Crippen LogP contribution in [0.25, 0.3) is 10.9 Å². The van der Waals surface area contributed by atoms with Crippen LogP contribution in [0.4, 0.5) is 4.39 Å². The minimum Gasteiger partial charge on any atom is -0.384 e. The van der Waals surface area contributed by atoms with Crippen molar-refractivity contribution in [2.45, 2.75) is 13.0 Å². The van der Waals surface area contributed by atoms with Gasteiger partial charge < -0.3 is 9.30 Å². The van der Waals surface area contributed by atoms with E-state index in [1.165, 1.54) is 18.2 Å². The van der Waals surface area contributed by atoms with E-state index in [2.05, 4.69) is 22.6 Å². The van der Waals surface area contributed by atoms with Gasteiger partial charge in [0.2, 0.25) is 0 Å². The molecule has 3 nitrogen and oxygen atoms in total. The molecule has 0 amide bonds. The fraction of sp³-hybridized carbons (Fsp3) is 0.500. The number of likely N-dealkylation sites (tertiary alicyclic amines) is 1. The number of nitrogens with zero attached hydrogens (tertiary/aromatic N) is 2. The van der Waals surface area contributed by atoms with E-state index in [4.69, 9.17) is 4.74 Å². The molecule has 0 aliphatic carbocycles. The molecule has 1 aromatic heterocycles. The highest BCUT2D eigenvalue weighted by atomic mass is 19.1. The van der Waals surface area contributed by atoms with E-state index >= 15 is 0 Å². The van der Waals surface area contributed by atoms with Crippen LogP contribution in [0.2, 0.25) is 0 Å². The molecule has 3 rings (SSSR count). The normalized spacial score (nSPS) is 20.1. The lowest BCUT2D eigenvalue weighted by Crippen LogP contribution is -2.22. The van der Waals surface area contributed by atoms with Gasteiger partial charge >= 0.3 is 0 Å². The van der Waals surface area contributed by atoms with Crippen molar-refractivity contribution in [3.05, 3.63) is 35.8 Å². The maximum Gasteiger partial charge on any atom is 0.123 e. The summed E-state index contributed by atoms with van der Waals surface area (Å²) in [4.78, 5) is 2.45. The Bertz CT molecular complexity index is 608. The Morgan fingerprint density at radius 2 is 2.20 bits per heavy atom. The molecule has 0 bridgehead atoms. The molecule has 108 valence electrons. The first kappa shape index (κ1) is 13.6. The number of fused-ring (bicyclic) bond motifs is 1. The molecule has 0 radical (unpaired) electrons. The summed E-state index contributed by atoms with van der Waals surface area (Å²) in [6, 6.07) is 7.08. The molecule has 20 heavy (non-hydrogen) atoms. The van der Waals surface area contributed by atoms with Crippen LogP contribution in [0.1, 0.15) is 12.1 Å². The molecule has 0 unspecified atom stereocenters. The highest BCUT2D eigenvalue weighted by molar-refractivity contribution is 5.81. The largest absolute Gasteiger partial charge is 0.384 e. The number of ether oxygens (including phenoxy) is 1. The van der Waals surface area contributed by atoms with E-state index in [1.807, 2.05) is 6.07 Å². The van der Waals surface area contributed by atoms with Crippen molar-refractivity contribution in [2.24, 2.45) is 13.0 Å². The summed E-state index contributed by atoms with van der Waals surface area (Å²) in [5.41, 5.74) is 2.33. The van der Waals surface area contributed by atoms with E-state index in [0.717, 1.165) is 37.1 Å². The molecule has 1 saturated heterocycles. The smallest absolute Gasteiger partial charge is 0.123 e. The van der Waals surface area contributed by atoms with Gasteiger partial charge in [0.25, 0.3) is 0 Å². The van der Waals surface area contributed by atoms with Gasteiger partial charge in [-0.25, -0.2) is 4.39 Å². The minimum absolute atomic E-state index is 0.170. The van der Waals surface area contributed by atoms with Crippen LogP contribution in [0.5, 0.6) is 0 Å². The Morgan fingerprint density at radius 3 is 3.00 bits per heavy atom. The summed E-state index contributed by atoms with van der Waals surface area (Å²) < 4.78 is 20.7. The molecule has 4 heteroatoms. The summed E-state index contributed by atoms with van der Waals surface area (Å²) in [5.74, 6) is 0.475. The predicted molar refractivity (Wildman–Crippen MR) is 78.1 cm³/mol. The van der Waals surface area contributed by atoms with Gasteiger partial charge in [-0.3, -0.25) is 4.90 Å². The zero-order valence-electron chi connectivity index (χ0n) is 12.1. The first-order valence-electron chi connectivity index (χ1n) is 7.12. The Hall–Kier alpha value is -1.39. The first-order valence-corrected chi connectivity index (χ1v) is 7.12. The molecule has 1 atom stereocenters. The number of hydrogen-bond acceptors (Lipinski definition) is 2. The fourth-order valence-electron chi connectivity index (χ4n) is 3.19. The third-order valence-corrected chi connectivity index (χ3v) is 4.26. The Balaban J connectivity index is 1.76. The van der Waals surface area contributed by atoms with Gasteiger partial charge in [-0.1, -0.05) is 0 Å². The maximum atomic E-state index is 13.3. The van der Waals surface area contributed by atoms with Gasteiger partial charge in [0.05, 0.1) is 6.61 Å². The lowest BCUT2D eigenvalue weighted by atomic mass is 10.1. The predicted octanol–water partition coefficient (Wildman–Crippen LogP) is 2.79. The van der Waals surface area contributed by atoms with Gasteiger partial charge in [0, 0.05) is 43.8 Å². The standard InChI is InChI=1S/C16H21FN2O/c1-18-15(8-13-7-14(17)3-4-16(13)18)10-19-6-5-12(9-19)11-20-2/h3-4,7-8,12H,5-6,9-11H2,1-2H3/t12-/m0/s1. The second-order valence-electron chi connectivity index (χ2n) is 5.74. The molecule has 0 N–H and O–H groups in total. The Labute approximate surface area is 118 Å². The molecular weight excluding hydrogens is 255 g/mol. The van der Waals surface area contributed by atoms with Gasteiger partial charge in [-0.05, 0) is 43.1 Å². The minimum atomic E-state index is -0.170. The third kappa shape index (κ3) is 2.58. The molecule has 0 spiro atoms. The lowest BCUT2D eigenvalue weighted by molar-refractivity contribution is 0.152. The maximum absolute atomic E-state index is 13.3. The molecule has 1 aromatic carbocycles. The number of methoxy groups -OCH3 is 1. The molecule has 2 heterocycles. The molecule has 1 aliphatic rings. The molecule has 1 aliphatic heterocycles. The van der Waals surface area contributed by atoms with Crippen molar-refractivity contribution in [3.8, 4) is 0 Å². The highest BCUT2D eigenvalue weighted by Gasteiger charge is 2.23. The summed E-state index contributed by atoms with van der Waals surface area (Å²) in [6.07, 6.45) is 1.20. The van der Waals surface area contributed by atoms with Crippen molar-refractivity contribution < 1.29 is 9.13 Å². The summed E-state index contributed by atoms with van der Waals surface area (Å²) in [6.45, 7) is 3.97. The number of hydrogen-bond donors (Lipinski definition) is 0. The van der Waals surface area contributed by atoms with Crippen molar-refractivity contribution in [1.29, 1.82) is 0 Å². The van der Waals surface area contributed by atoms with Crippen molar-refractivity contribution >= 4 is 10.9 Å². The van der Waals surface area contributed by atoms with Crippen LogP contribution in [-0.2, 0) is 18.3 Å². The van der Waals surface area contributed by atoms with Gasteiger partial charge in [0.1, 0.15) is 5.82 Å². The van der Waals surface area contributed by atoms with E-state index in [9.17, 15) is 4.39 Å². The van der Waals surface area contributed by atoms with Crippen LogP contribution < -0.4 is 0 Å². The molecular formula is C16H21FN2O. The van der Waals surface area contributed by atoms with Gasteiger partial charge in [-0.2, -0.15) is 0 Å². The van der Waals surface area contributed by atoms with Crippen molar-refractivity contribution in [3.63, 3.8) is 0 Å². The zero-order valence-corrected chi connectivity index (χ0v) is 12.1. The Kier molecular flexibility index (Phi) is 3.76. The molecule has 0 saturated carbocycles. The average Bonchev–Trinajstić information content (AvgIpc) is 2.96. The number of aryl methyl sites for hydroxylation is 1. The third-order valence-electron chi connectivity index (χ3n) is 4.26. The van der Waals surface area contributed by atoms with Crippen LogP contribution in [-0.4, -0.2) is 36.3 Å². The van der Waals surface area contributed by atoms with Crippen LogP contribution in [0, 0.1) is 11.7 Å². The first-order chi connectivity index (χ1) is 9.67. The van der Waals surface area contributed by atoms with Crippen LogP contribution in [0.15, 0.2) is 24.3 Å². The number of benzene rings is 1. The lowest BCUT2D eigenvalue weighted by Gasteiger charge is -2.16. The van der Waals surface area contributed by atoms with Crippen molar-refractivity contribution in [2.75, 3.05) is 26.8 Å². The Morgan fingerprint density at radius 1 is 1.35 bits per heavy atom. The second kappa shape index (κ2) is 5.54. The second-order valence-corrected chi connectivity index (χ2v) is 5.74. The quantitative estimate of drug-likeness (QED) is 0.854. The van der Waals surface area contributed by atoms with E-state index < -0.39 is 0 Å². The molecule has 2 aromatic rings. The molecule has 1 fully saturated rings. The number of rotatable bonds is 4. The topological polar surface area (TPSA) is 17.4 Å². The van der Waals surface area contributed by atoms with E-state index in [-0.39, 0.29) is 5.82 Å². The van der Waals surface area contributed by atoms with Gasteiger partial charge in [-0.15, -0.1) is 0 Å². The number of aromatic nitrogens is 1. The monoisotopic (exact) mass is 276 g/mol. The van der Waals surface area contributed by atoms with Crippen LogP contribution >= 0.6 is 0 Å². The zero-order chi connectivity index (χ0) is 14.1. The van der Waals surface area contributed by atoms with Crippen molar-refractivity contribution in [1.82, 2.24) is 9.47 Å². The van der Waals surface area contributed by atoms with Gasteiger partial charge in [0.15, 0.2) is 0 Å². The van der Waals surface area contributed by atoms with E-state index in [1.54, 1.807) is 13.2 Å². The average molecular weight is 276 g/mol. The summed E-state index contributed by atoms with van der Waals surface area (Å²) in [5, 5.41) is 0.982. The summed E-state index contributed by atoms with van der Waals surface area (Å²) >= 11 is 0. The van der Waals surface area contributed by atoms with E-state index in [0.29, 0.717) is 5.92 Å². The number of halogens is 1. The van der Waals surface area contributed by atoms with Crippen LogP contribution in [0.3, 0.4) is 0 Å².